The largest absolute Gasteiger partial charge is 0.313 e. The van der Waals surface area contributed by atoms with Crippen LogP contribution in [0.3, 0.4) is 0 Å². The van der Waals surface area contributed by atoms with E-state index in [1.165, 1.54) is 44.2 Å². The molecule has 3 rings (SSSR count). The van der Waals surface area contributed by atoms with Gasteiger partial charge >= 0.3 is 0 Å². The summed E-state index contributed by atoms with van der Waals surface area (Å²) in [7, 11) is 0. The Morgan fingerprint density at radius 2 is 2.16 bits per heavy atom. The summed E-state index contributed by atoms with van der Waals surface area (Å²) < 4.78 is 0.557. The molecule has 104 valence electrons. The summed E-state index contributed by atoms with van der Waals surface area (Å²) >= 11 is 8.11. The molecular weight excluding hydrogens is 274 g/mol. The van der Waals surface area contributed by atoms with E-state index in [2.05, 4.69) is 41.5 Å². The molecule has 1 N–H and O–H groups in total. The zero-order chi connectivity index (χ0) is 13.3. The van der Waals surface area contributed by atoms with E-state index in [0.29, 0.717) is 16.7 Å². The monoisotopic (exact) mass is 295 g/mol. The molecule has 2 aliphatic rings. The van der Waals surface area contributed by atoms with E-state index in [-0.39, 0.29) is 0 Å². The highest BCUT2D eigenvalue weighted by molar-refractivity contribution is 8.00. The lowest BCUT2D eigenvalue weighted by Gasteiger charge is -2.44. The third kappa shape index (κ3) is 2.96. The first-order valence-electron chi connectivity index (χ1n) is 7.25. The summed E-state index contributed by atoms with van der Waals surface area (Å²) in [6, 6.07) is 9.07. The van der Waals surface area contributed by atoms with Gasteiger partial charge in [-0.3, -0.25) is 0 Å². The Morgan fingerprint density at radius 1 is 1.37 bits per heavy atom. The maximum absolute atomic E-state index is 6.05. The lowest BCUT2D eigenvalue weighted by atomic mass is 9.75. The first-order chi connectivity index (χ1) is 9.21. The average Bonchev–Trinajstić information content (AvgIpc) is 2.30. The fourth-order valence-electron chi connectivity index (χ4n) is 3.17. The van der Waals surface area contributed by atoms with E-state index < -0.39 is 0 Å². The number of nitrogens with one attached hydrogen (secondary N) is 1. The van der Waals surface area contributed by atoms with Crippen molar-refractivity contribution in [2.75, 3.05) is 12.8 Å². The molecule has 0 amide bonds. The maximum Gasteiger partial charge on any atom is 0.0408 e. The van der Waals surface area contributed by atoms with Gasteiger partial charge in [-0.15, -0.1) is 0 Å². The topological polar surface area (TPSA) is 12.0 Å². The normalized spacial score (nSPS) is 28.5. The van der Waals surface area contributed by atoms with Gasteiger partial charge in [-0.1, -0.05) is 30.2 Å². The van der Waals surface area contributed by atoms with Crippen molar-refractivity contribution in [3.05, 3.63) is 34.9 Å². The van der Waals surface area contributed by atoms with Gasteiger partial charge in [0.05, 0.1) is 0 Å². The minimum Gasteiger partial charge on any atom is -0.313 e. The van der Waals surface area contributed by atoms with Gasteiger partial charge in [0, 0.05) is 22.4 Å². The van der Waals surface area contributed by atoms with Crippen molar-refractivity contribution < 1.29 is 0 Å². The van der Waals surface area contributed by atoms with Crippen LogP contribution in [0.1, 0.15) is 43.6 Å². The van der Waals surface area contributed by atoms with Gasteiger partial charge in [0.2, 0.25) is 0 Å². The lowest BCUT2D eigenvalue weighted by Crippen LogP contribution is -2.49. The van der Waals surface area contributed by atoms with Crippen molar-refractivity contribution in [1.82, 2.24) is 5.32 Å². The number of hydrogen-bond acceptors (Lipinski definition) is 2. The van der Waals surface area contributed by atoms with Crippen LogP contribution in [0.2, 0.25) is 5.02 Å². The molecule has 2 saturated carbocycles. The molecule has 0 aliphatic heterocycles. The maximum atomic E-state index is 6.05. The third-order valence-electron chi connectivity index (χ3n) is 4.87. The van der Waals surface area contributed by atoms with E-state index in [1.54, 1.807) is 0 Å². The fraction of sp³-hybridized carbons (Fsp3) is 0.625. The molecule has 0 heterocycles. The highest BCUT2D eigenvalue weighted by atomic mass is 35.5. The van der Waals surface area contributed by atoms with Crippen LogP contribution in [0.4, 0.5) is 0 Å². The van der Waals surface area contributed by atoms with Crippen molar-refractivity contribution in [2.24, 2.45) is 0 Å². The van der Waals surface area contributed by atoms with Gasteiger partial charge in [0.25, 0.3) is 0 Å². The van der Waals surface area contributed by atoms with Crippen molar-refractivity contribution in [2.45, 2.75) is 48.8 Å². The molecule has 19 heavy (non-hydrogen) atoms. The number of thioether (sulfide) groups is 1. The number of halogens is 1. The van der Waals surface area contributed by atoms with Crippen LogP contribution < -0.4 is 5.32 Å². The van der Waals surface area contributed by atoms with Gasteiger partial charge in [-0.25, -0.2) is 0 Å². The predicted molar refractivity (Wildman–Crippen MR) is 85.3 cm³/mol. The summed E-state index contributed by atoms with van der Waals surface area (Å²) in [6.07, 6.45) is 9.00. The Bertz CT molecular complexity index is 433. The predicted octanol–water partition coefficient (Wildman–Crippen LogP) is 4.46. The average molecular weight is 296 g/mol. The summed E-state index contributed by atoms with van der Waals surface area (Å²) in [5.74, 6) is 0.711. The van der Waals surface area contributed by atoms with E-state index in [1.807, 2.05) is 6.07 Å². The van der Waals surface area contributed by atoms with Crippen molar-refractivity contribution in [3.63, 3.8) is 0 Å². The van der Waals surface area contributed by atoms with Crippen LogP contribution in [0.15, 0.2) is 24.3 Å². The molecule has 0 saturated heterocycles. The molecule has 0 aromatic heterocycles. The highest BCUT2D eigenvalue weighted by Crippen LogP contribution is 2.43. The summed E-state index contributed by atoms with van der Waals surface area (Å²) in [5, 5.41) is 4.64. The SMILES string of the molecule is CSC1(CNC2CC(c3cccc(Cl)c3)C2)CCC1. The van der Waals surface area contributed by atoms with E-state index in [9.17, 15) is 0 Å². The molecule has 1 aromatic rings. The number of hydrogen-bond donors (Lipinski definition) is 1. The summed E-state index contributed by atoms with van der Waals surface area (Å²) in [6.45, 7) is 1.20. The fourth-order valence-corrected chi connectivity index (χ4v) is 4.30. The zero-order valence-electron chi connectivity index (χ0n) is 11.5. The second kappa shape index (κ2) is 5.67. The molecule has 0 bridgehead atoms. The second-order valence-corrected chi connectivity index (χ2v) is 7.75. The number of benzene rings is 1. The molecule has 2 aliphatic carbocycles. The Morgan fingerprint density at radius 3 is 2.74 bits per heavy atom. The van der Waals surface area contributed by atoms with Crippen LogP contribution in [0.5, 0.6) is 0 Å². The summed E-state index contributed by atoms with van der Waals surface area (Å²) in [4.78, 5) is 0. The first-order valence-corrected chi connectivity index (χ1v) is 8.85. The zero-order valence-corrected chi connectivity index (χ0v) is 13.1. The minimum atomic E-state index is 0.557. The van der Waals surface area contributed by atoms with Crippen LogP contribution in [0.25, 0.3) is 0 Å². The number of rotatable bonds is 5. The second-order valence-electron chi connectivity index (χ2n) is 6.04. The highest BCUT2D eigenvalue weighted by Gasteiger charge is 2.38. The molecule has 2 fully saturated rings. The van der Waals surface area contributed by atoms with Crippen molar-refractivity contribution >= 4 is 23.4 Å². The van der Waals surface area contributed by atoms with Crippen LogP contribution in [-0.4, -0.2) is 23.6 Å². The summed E-state index contributed by atoms with van der Waals surface area (Å²) in [5.41, 5.74) is 1.41. The molecule has 3 heteroatoms. The van der Waals surface area contributed by atoms with Gasteiger partial charge in [-0.2, -0.15) is 11.8 Å². The van der Waals surface area contributed by atoms with Gasteiger partial charge in [0.15, 0.2) is 0 Å². The van der Waals surface area contributed by atoms with Gasteiger partial charge in [-0.05, 0) is 55.6 Å². The van der Waals surface area contributed by atoms with Crippen LogP contribution >= 0.6 is 23.4 Å². The standard InChI is InChI=1S/C16H22ClNS/c1-19-16(6-3-7-16)11-18-15-9-13(10-15)12-4-2-5-14(17)8-12/h2,4-5,8,13,15,18H,3,6-7,9-11H2,1H3. The van der Waals surface area contributed by atoms with Crippen molar-refractivity contribution in [1.29, 1.82) is 0 Å². The minimum absolute atomic E-state index is 0.557. The Labute approximate surface area is 125 Å². The molecule has 0 radical (unpaired) electrons. The molecule has 0 unspecified atom stereocenters. The van der Waals surface area contributed by atoms with E-state index in [4.69, 9.17) is 11.6 Å². The van der Waals surface area contributed by atoms with Gasteiger partial charge < -0.3 is 5.32 Å². The molecular formula is C16H22ClNS. The van der Waals surface area contributed by atoms with E-state index in [0.717, 1.165) is 5.02 Å². The Kier molecular flexibility index (Phi) is 4.11. The molecule has 1 aromatic carbocycles. The first kappa shape index (κ1) is 13.8. The lowest BCUT2D eigenvalue weighted by molar-refractivity contribution is 0.256. The van der Waals surface area contributed by atoms with Crippen LogP contribution in [-0.2, 0) is 0 Å². The van der Waals surface area contributed by atoms with E-state index >= 15 is 0 Å². The van der Waals surface area contributed by atoms with Crippen molar-refractivity contribution in [3.8, 4) is 0 Å². The quantitative estimate of drug-likeness (QED) is 0.860. The van der Waals surface area contributed by atoms with Gasteiger partial charge in [0.1, 0.15) is 0 Å². The van der Waals surface area contributed by atoms with Crippen LogP contribution in [0, 0.1) is 0 Å². The third-order valence-corrected chi connectivity index (χ3v) is 6.52. The molecule has 0 spiro atoms. The smallest absolute Gasteiger partial charge is 0.0408 e. The molecule has 1 nitrogen and oxygen atoms in total. The Hall–Kier alpha value is -0.180. The Balaban J connectivity index is 1.45. The molecule has 0 atom stereocenters.